The first kappa shape index (κ1) is 14.9. The molecule has 6 heteroatoms. The number of benzene rings is 1. The summed E-state index contributed by atoms with van der Waals surface area (Å²) >= 11 is 5.46. The number of piperazine rings is 1. The van der Waals surface area contributed by atoms with Gasteiger partial charge in [-0.15, -0.1) is 0 Å². The highest BCUT2D eigenvalue weighted by molar-refractivity contribution is 7.80. The molecule has 1 heterocycles. The summed E-state index contributed by atoms with van der Waals surface area (Å²) in [6, 6.07) is 5.69. The number of rotatable bonds is 3. The largest absolute Gasteiger partial charge is 0.493 e. The maximum absolute atomic E-state index is 5.46. The van der Waals surface area contributed by atoms with Gasteiger partial charge in [-0.1, -0.05) is 0 Å². The van der Waals surface area contributed by atoms with Crippen molar-refractivity contribution < 1.29 is 9.47 Å². The molecule has 1 saturated heterocycles. The normalized spacial score (nSPS) is 15.8. The first-order valence-electron chi connectivity index (χ1n) is 6.60. The van der Waals surface area contributed by atoms with Crippen molar-refractivity contribution in [2.24, 2.45) is 0 Å². The maximum Gasteiger partial charge on any atom is 0.173 e. The van der Waals surface area contributed by atoms with E-state index in [0.29, 0.717) is 11.5 Å². The summed E-state index contributed by atoms with van der Waals surface area (Å²) in [5, 5.41) is 4.01. The minimum atomic E-state index is 0.693. The Morgan fingerprint density at radius 2 is 1.75 bits per heavy atom. The molecule has 1 aromatic carbocycles. The molecule has 0 amide bonds. The lowest BCUT2D eigenvalue weighted by Crippen LogP contribution is -2.48. The van der Waals surface area contributed by atoms with Crippen LogP contribution in [0.4, 0.5) is 5.69 Å². The summed E-state index contributed by atoms with van der Waals surface area (Å²) < 4.78 is 10.5. The van der Waals surface area contributed by atoms with Gasteiger partial charge in [0.2, 0.25) is 0 Å². The molecule has 0 aromatic heterocycles. The number of thiocarbonyl (C=S) groups is 1. The average Bonchev–Trinajstić information content (AvgIpc) is 2.47. The van der Waals surface area contributed by atoms with E-state index >= 15 is 0 Å². The van der Waals surface area contributed by atoms with E-state index in [1.807, 2.05) is 18.2 Å². The zero-order valence-electron chi connectivity index (χ0n) is 12.2. The molecule has 1 aliphatic heterocycles. The molecule has 110 valence electrons. The zero-order valence-corrected chi connectivity index (χ0v) is 13.0. The Kier molecular flexibility index (Phi) is 5.03. The first-order valence-corrected chi connectivity index (χ1v) is 7.01. The lowest BCUT2D eigenvalue weighted by atomic mass is 10.2. The van der Waals surface area contributed by atoms with Gasteiger partial charge in [0.05, 0.1) is 14.2 Å². The van der Waals surface area contributed by atoms with E-state index in [9.17, 15) is 0 Å². The van der Waals surface area contributed by atoms with Crippen molar-refractivity contribution in [3.8, 4) is 11.5 Å². The third kappa shape index (κ3) is 3.52. The van der Waals surface area contributed by atoms with Gasteiger partial charge in [-0.3, -0.25) is 0 Å². The molecule has 0 atom stereocenters. The van der Waals surface area contributed by atoms with Crippen LogP contribution in [0, 0.1) is 0 Å². The zero-order chi connectivity index (χ0) is 14.5. The van der Waals surface area contributed by atoms with Crippen LogP contribution in [0.2, 0.25) is 0 Å². The van der Waals surface area contributed by atoms with E-state index in [1.54, 1.807) is 14.2 Å². The topological polar surface area (TPSA) is 37.0 Å². The highest BCUT2D eigenvalue weighted by atomic mass is 32.1. The summed E-state index contributed by atoms with van der Waals surface area (Å²) in [7, 11) is 5.38. The lowest BCUT2D eigenvalue weighted by molar-refractivity contribution is 0.217. The molecule has 0 aliphatic carbocycles. The molecule has 0 unspecified atom stereocenters. The van der Waals surface area contributed by atoms with Crippen LogP contribution >= 0.6 is 12.2 Å². The Bertz CT molecular complexity index is 473. The van der Waals surface area contributed by atoms with E-state index < -0.39 is 0 Å². The van der Waals surface area contributed by atoms with Crippen LogP contribution in [0.5, 0.6) is 11.5 Å². The minimum absolute atomic E-state index is 0.693. The second-order valence-electron chi connectivity index (χ2n) is 4.79. The van der Waals surface area contributed by atoms with E-state index in [4.69, 9.17) is 21.7 Å². The van der Waals surface area contributed by atoms with Crippen LogP contribution < -0.4 is 14.8 Å². The monoisotopic (exact) mass is 295 g/mol. The summed E-state index contributed by atoms with van der Waals surface area (Å²) in [6.07, 6.45) is 0. The number of anilines is 1. The molecule has 1 aliphatic rings. The number of methoxy groups -OCH3 is 2. The SMILES string of the molecule is COc1ccc(NC(=S)N2CCN(C)CC2)cc1OC. The summed E-state index contributed by atoms with van der Waals surface area (Å²) in [6.45, 7) is 3.98. The van der Waals surface area contributed by atoms with E-state index in [1.165, 1.54) is 0 Å². The highest BCUT2D eigenvalue weighted by Crippen LogP contribution is 2.29. The van der Waals surface area contributed by atoms with Crippen molar-refractivity contribution in [2.75, 3.05) is 52.8 Å². The Balaban J connectivity index is 2.00. The third-order valence-electron chi connectivity index (χ3n) is 3.43. The molecule has 20 heavy (non-hydrogen) atoms. The third-order valence-corrected chi connectivity index (χ3v) is 3.79. The fourth-order valence-corrected chi connectivity index (χ4v) is 2.43. The van der Waals surface area contributed by atoms with Crippen molar-refractivity contribution in [3.05, 3.63) is 18.2 Å². The Morgan fingerprint density at radius 3 is 2.35 bits per heavy atom. The minimum Gasteiger partial charge on any atom is -0.493 e. The second kappa shape index (κ2) is 6.76. The Labute approximate surface area is 125 Å². The summed E-state index contributed by atoms with van der Waals surface area (Å²) in [4.78, 5) is 4.49. The molecule has 2 rings (SSSR count). The van der Waals surface area contributed by atoms with Crippen LogP contribution in [0.1, 0.15) is 0 Å². The summed E-state index contributed by atoms with van der Waals surface area (Å²) in [5.74, 6) is 1.40. The molecule has 0 bridgehead atoms. The van der Waals surface area contributed by atoms with E-state index in [2.05, 4.69) is 22.2 Å². The van der Waals surface area contributed by atoms with Crippen LogP contribution in [0.3, 0.4) is 0 Å². The highest BCUT2D eigenvalue weighted by Gasteiger charge is 2.16. The van der Waals surface area contributed by atoms with Gasteiger partial charge in [0, 0.05) is 37.9 Å². The van der Waals surface area contributed by atoms with Crippen LogP contribution in [-0.4, -0.2) is 62.4 Å². The predicted octanol–water partition coefficient (Wildman–Crippen LogP) is 1.65. The smallest absolute Gasteiger partial charge is 0.173 e. The van der Waals surface area contributed by atoms with Crippen LogP contribution in [-0.2, 0) is 0 Å². The van der Waals surface area contributed by atoms with Gasteiger partial charge >= 0.3 is 0 Å². The average molecular weight is 295 g/mol. The van der Waals surface area contributed by atoms with Gasteiger partial charge in [0.25, 0.3) is 0 Å². The predicted molar refractivity (Wildman–Crippen MR) is 84.8 cm³/mol. The fourth-order valence-electron chi connectivity index (χ4n) is 2.13. The number of hydrogen-bond donors (Lipinski definition) is 1. The van der Waals surface area contributed by atoms with E-state index in [-0.39, 0.29) is 0 Å². The molecule has 1 fully saturated rings. The van der Waals surface area contributed by atoms with E-state index in [0.717, 1.165) is 37.0 Å². The molecule has 1 N–H and O–H groups in total. The fraction of sp³-hybridized carbons (Fsp3) is 0.500. The van der Waals surface area contributed by atoms with Crippen molar-refractivity contribution in [3.63, 3.8) is 0 Å². The van der Waals surface area contributed by atoms with Crippen molar-refractivity contribution in [2.45, 2.75) is 0 Å². The number of nitrogens with zero attached hydrogens (tertiary/aromatic N) is 2. The van der Waals surface area contributed by atoms with Gasteiger partial charge in [-0.05, 0) is 31.4 Å². The lowest BCUT2D eigenvalue weighted by Gasteiger charge is -2.34. The van der Waals surface area contributed by atoms with Crippen molar-refractivity contribution in [1.82, 2.24) is 9.80 Å². The van der Waals surface area contributed by atoms with Crippen LogP contribution in [0.15, 0.2) is 18.2 Å². The number of nitrogens with one attached hydrogen (secondary N) is 1. The molecular weight excluding hydrogens is 274 g/mol. The molecule has 0 saturated carbocycles. The number of likely N-dealkylation sites (N-methyl/N-ethyl adjacent to an activating group) is 1. The van der Waals surface area contributed by atoms with Gasteiger partial charge < -0.3 is 24.6 Å². The van der Waals surface area contributed by atoms with Gasteiger partial charge in [-0.2, -0.15) is 0 Å². The molecule has 0 spiro atoms. The molecule has 1 aromatic rings. The Hall–Kier alpha value is -1.53. The van der Waals surface area contributed by atoms with Crippen LogP contribution in [0.25, 0.3) is 0 Å². The number of ether oxygens (including phenoxy) is 2. The second-order valence-corrected chi connectivity index (χ2v) is 5.18. The standard InChI is InChI=1S/C14H21N3O2S/c1-16-6-8-17(9-7-16)14(20)15-11-4-5-12(18-2)13(10-11)19-3/h4-5,10H,6-9H2,1-3H3,(H,15,20). The molecular formula is C14H21N3O2S. The summed E-state index contributed by atoms with van der Waals surface area (Å²) in [5.41, 5.74) is 0.909. The van der Waals surface area contributed by atoms with Crippen molar-refractivity contribution >= 4 is 23.0 Å². The molecule has 5 nitrogen and oxygen atoms in total. The maximum atomic E-state index is 5.46. The number of hydrogen-bond acceptors (Lipinski definition) is 4. The first-order chi connectivity index (χ1) is 9.63. The molecule has 0 radical (unpaired) electrons. The van der Waals surface area contributed by atoms with Gasteiger partial charge in [0.15, 0.2) is 16.6 Å². The Morgan fingerprint density at radius 1 is 1.10 bits per heavy atom. The quantitative estimate of drug-likeness (QED) is 0.855. The van der Waals surface area contributed by atoms with Crippen molar-refractivity contribution in [1.29, 1.82) is 0 Å². The van der Waals surface area contributed by atoms with Gasteiger partial charge in [-0.25, -0.2) is 0 Å². The van der Waals surface area contributed by atoms with Gasteiger partial charge in [0.1, 0.15) is 0 Å².